The van der Waals surface area contributed by atoms with Crippen molar-refractivity contribution in [1.82, 2.24) is 0 Å². The molecule has 3 nitrogen and oxygen atoms in total. The van der Waals surface area contributed by atoms with Gasteiger partial charge in [-0.25, -0.2) is 0 Å². The van der Waals surface area contributed by atoms with E-state index in [4.69, 9.17) is 5.41 Å². The van der Waals surface area contributed by atoms with Gasteiger partial charge in [-0.05, 0) is 26.7 Å². The molecule has 0 saturated heterocycles. The minimum Gasteiger partial charge on any atom is -0.512 e. The lowest BCUT2D eigenvalue weighted by Crippen LogP contribution is -2.23. The summed E-state index contributed by atoms with van der Waals surface area (Å²) in [5.74, 6) is -0.0524. The molecule has 15 heavy (non-hydrogen) atoms. The molecule has 1 saturated carbocycles. The predicted molar refractivity (Wildman–Crippen MR) is 60.3 cm³/mol. The molecule has 2 N–H and O–H groups in total. The Morgan fingerprint density at radius 1 is 1.20 bits per heavy atom. The molecule has 0 aliphatic heterocycles. The zero-order valence-corrected chi connectivity index (χ0v) is 9.47. The Balaban J connectivity index is 2.81. The molecule has 0 bridgehead atoms. The Hall–Kier alpha value is -1.12. The van der Waals surface area contributed by atoms with Gasteiger partial charge in [-0.2, -0.15) is 0 Å². The summed E-state index contributed by atoms with van der Waals surface area (Å²) in [5.41, 5.74) is 0.559. The first-order chi connectivity index (χ1) is 7.04. The van der Waals surface area contributed by atoms with E-state index in [0.717, 1.165) is 25.7 Å². The van der Waals surface area contributed by atoms with Crippen molar-refractivity contribution >= 4 is 11.5 Å². The van der Waals surface area contributed by atoms with Gasteiger partial charge in [0.1, 0.15) is 5.76 Å². The Labute approximate surface area is 90.7 Å². The molecule has 0 unspecified atom stereocenters. The minimum absolute atomic E-state index is 0.0157. The average Bonchev–Trinajstić information content (AvgIpc) is 2.18. The van der Waals surface area contributed by atoms with Crippen LogP contribution in [0.15, 0.2) is 11.3 Å². The van der Waals surface area contributed by atoms with Gasteiger partial charge >= 0.3 is 0 Å². The van der Waals surface area contributed by atoms with Crippen molar-refractivity contribution in [1.29, 1.82) is 5.41 Å². The molecule has 0 spiro atoms. The molecular weight excluding hydrogens is 190 g/mol. The van der Waals surface area contributed by atoms with Crippen LogP contribution in [0.3, 0.4) is 0 Å². The highest BCUT2D eigenvalue weighted by atomic mass is 16.3. The van der Waals surface area contributed by atoms with Crippen LogP contribution in [0.2, 0.25) is 0 Å². The third-order valence-corrected chi connectivity index (χ3v) is 3.00. The largest absolute Gasteiger partial charge is 0.512 e. The maximum absolute atomic E-state index is 11.3. The van der Waals surface area contributed by atoms with Crippen molar-refractivity contribution < 1.29 is 9.90 Å². The fourth-order valence-electron chi connectivity index (χ4n) is 2.23. The van der Waals surface area contributed by atoms with Crippen molar-refractivity contribution in [3.05, 3.63) is 11.3 Å². The monoisotopic (exact) mass is 209 g/mol. The molecule has 0 radical (unpaired) electrons. The van der Waals surface area contributed by atoms with Gasteiger partial charge in [-0.15, -0.1) is 0 Å². The summed E-state index contributed by atoms with van der Waals surface area (Å²) in [5, 5.41) is 17.4. The minimum atomic E-state index is -0.203. The number of aliphatic hydroxyl groups excluding tert-OH is 1. The lowest BCUT2D eigenvalue weighted by atomic mass is 9.82. The number of nitrogens with one attached hydrogen (secondary N) is 1. The Kier molecular flexibility index (Phi) is 4.06. The molecule has 1 aliphatic carbocycles. The first-order valence-electron chi connectivity index (χ1n) is 5.53. The lowest BCUT2D eigenvalue weighted by molar-refractivity contribution is -0.113. The normalized spacial score (nSPS) is 19.6. The number of allylic oxidation sites excluding steroid dienone is 2. The van der Waals surface area contributed by atoms with Crippen LogP contribution >= 0.6 is 0 Å². The molecule has 0 amide bonds. The van der Waals surface area contributed by atoms with Crippen LogP contribution < -0.4 is 0 Å². The van der Waals surface area contributed by atoms with E-state index in [1.165, 1.54) is 20.3 Å². The van der Waals surface area contributed by atoms with Crippen molar-refractivity contribution in [3.63, 3.8) is 0 Å². The summed E-state index contributed by atoms with van der Waals surface area (Å²) in [7, 11) is 0. The van der Waals surface area contributed by atoms with E-state index in [2.05, 4.69) is 0 Å². The Morgan fingerprint density at radius 3 is 2.13 bits per heavy atom. The van der Waals surface area contributed by atoms with Crippen LogP contribution in [0.1, 0.15) is 46.0 Å². The van der Waals surface area contributed by atoms with E-state index >= 15 is 0 Å². The number of carbonyl (C=O) groups is 1. The summed E-state index contributed by atoms with van der Waals surface area (Å²) >= 11 is 0. The molecule has 0 aromatic heterocycles. The van der Waals surface area contributed by atoms with Gasteiger partial charge in [0.05, 0.1) is 5.57 Å². The van der Waals surface area contributed by atoms with Gasteiger partial charge < -0.3 is 10.5 Å². The second-order valence-corrected chi connectivity index (χ2v) is 4.27. The first kappa shape index (κ1) is 12.0. The highest BCUT2D eigenvalue weighted by Gasteiger charge is 2.24. The van der Waals surface area contributed by atoms with Crippen LogP contribution in [0.25, 0.3) is 0 Å². The van der Waals surface area contributed by atoms with Gasteiger partial charge in [0, 0.05) is 11.6 Å². The molecular formula is C12H19NO2. The number of ketones is 1. The SMILES string of the molecule is CC(=O)/C(C(=N)C1CCCCC1)=C(\C)O. The second-order valence-electron chi connectivity index (χ2n) is 4.27. The van der Waals surface area contributed by atoms with Crippen molar-refractivity contribution in [2.24, 2.45) is 5.92 Å². The predicted octanol–water partition coefficient (Wildman–Crippen LogP) is 3.01. The lowest BCUT2D eigenvalue weighted by Gasteiger charge is -2.23. The summed E-state index contributed by atoms with van der Waals surface area (Å²) in [6, 6.07) is 0. The van der Waals surface area contributed by atoms with Crippen LogP contribution in [0.5, 0.6) is 0 Å². The zero-order chi connectivity index (χ0) is 11.4. The van der Waals surface area contributed by atoms with Crippen LogP contribution in [0.4, 0.5) is 0 Å². The maximum atomic E-state index is 11.3. The topological polar surface area (TPSA) is 61.2 Å². The standard InChI is InChI=1S/C12H19NO2/c1-8(14)11(9(2)15)12(13)10-6-4-3-5-7-10/h10,13-14H,3-7H2,1-2H3/b11-8-,13-12?. The van der Waals surface area contributed by atoms with E-state index in [0.29, 0.717) is 5.71 Å². The zero-order valence-electron chi connectivity index (χ0n) is 9.47. The van der Waals surface area contributed by atoms with E-state index in [1.807, 2.05) is 0 Å². The van der Waals surface area contributed by atoms with Crippen molar-refractivity contribution in [2.45, 2.75) is 46.0 Å². The van der Waals surface area contributed by atoms with Gasteiger partial charge in [0.25, 0.3) is 0 Å². The molecule has 0 heterocycles. The maximum Gasteiger partial charge on any atom is 0.164 e. The Bertz CT molecular complexity index is 295. The average molecular weight is 209 g/mol. The smallest absolute Gasteiger partial charge is 0.164 e. The Morgan fingerprint density at radius 2 is 1.73 bits per heavy atom. The second kappa shape index (κ2) is 5.10. The number of rotatable bonds is 3. The quantitative estimate of drug-likeness (QED) is 0.426. The van der Waals surface area contributed by atoms with Crippen LogP contribution in [-0.2, 0) is 4.79 Å². The number of aliphatic hydroxyl groups is 1. The molecule has 0 aromatic carbocycles. The molecule has 3 heteroatoms. The molecule has 0 aromatic rings. The number of Topliss-reactive ketones (excluding diaryl/α,β-unsaturated/α-hetero) is 1. The van der Waals surface area contributed by atoms with E-state index < -0.39 is 0 Å². The summed E-state index contributed by atoms with van der Waals surface area (Å²) < 4.78 is 0. The first-order valence-corrected chi connectivity index (χ1v) is 5.53. The molecule has 0 atom stereocenters. The van der Waals surface area contributed by atoms with Crippen LogP contribution in [-0.4, -0.2) is 16.6 Å². The van der Waals surface area contributed by atoms with Crippen molar-refractivity contribution in [3.8, 4) is 0 Å². The molecule has 84 valence electrons. The van der Waals surface area contributed by atoms with Crippen LogP contribution in [0, 0.1) is 11.3 Å². The van der Waals surface area contributed by atoms with Gasteiger partial charge in [0.2, 0.25) is 0 Å². The highest BCUT2D eigenvalue weighted by Crippen LogP contribution is 2.27. The molecule has 1 aliphatic rings. The van der Waals surface area contributed by atoms with Gasteiger partial charge in [-0.3, -0.25) is 4.79 Å². The molecule has 1 rings (SSSR count). The number of hydrogen-bond donors (Lipinski definition) is 2. The fraction of sp³-hybridized carbons (Fsp3) is 0.667. The number of carbonyl (C=O) groups excluding carboxylic acids is 1. The van der Waals surface area contributed by atoms with Crippen molar-refractivity contribution in [2.75, 3.05) is 0 Å². The van der Waals surface area contributed by atoms with Gasteiger partial charge in [0.15, 0.2) is 5.78 Å². The summed E-state index contributed by atoms with van der Waals surface area (Å²) in [6.45, 7) is 2.89. The third-order valence-electron chi connectivity index (χ3n) is 3.00. The summed E-state index contributed by atoms with van der Waals surface area (Å²) in [4.78, 5) is 11.3. The summed E-state index contributed by atoms with van der Waals surface area (Å²) in [6.07, 6.45) is 5.43. The van der Waals surface area contributed by atoms with E-state index in [9.17, 15) is 9.90 Å². The number of hydrogen-bond acceptors (Lipinski definition) is 3. The highest BCUT2D eigenvalue weighted by molar-refractivity contribution is 6.21. The van der Waals surface area contributed by atoms with E-state index in [-0.39, 0.29) is 23.0 Å². The van der Waals surface area contributed by atoms with E-state index in [1.54, 1.807) is 0 Å². The molecule has 1 fully saturated rings. The fourth-order valence-corrected chi connectivity index (χ4v) is 2.23. The third kappa shape index (κ3) is 2.91. The van der Waals surface area contributed by atoms with Gasteiger partial charge in [-0.1, -0.05) is 19.3 Å².